The molecule has 4 nitrogen and oxygen atoms in total. The number of aliphatic hydroxyl groups is 3. The van der Waals surface area contributed by atoms with Gasteiger partial charge in [-0.1, -0.05) is 20.8 Å². The molecule has 0 aromatic rings. The molecule has 0 aliphatic heterocycles. The molecule has 0 rings (SSSR count). The van der Waals surface area contributed by atoms with Crippen molar-refractivity contribution in [2.45, 2.75) is 58.8 Å². The van der Waals surface area contributed by atoms with Crippen LogP contribution >= 0.6 is 0 Å². The normalized spacial score (nSPS) is 18.2. The lowest BCUT2D eigenvalue weighted by molar-refractivity contribution is -0.112. The molecule has 0 aliphatic carbocycles. The van der Waals surface area contributed by atoms with Gasteiger partial charge < -0.3 is 20.1 Å². The zero-order valence-electron chi connectivity index (χ0n) is 11.7. The molecule has 3 atom stereocenters. The van der Waals surface area contributed by atoms with Crippen molar-refractivity contribution in [2.24, 2.45) is 11.8 Å². The number of aliphatic hydroxyl groups excluding tert-OH is 2. The minimum Gasteiger partial charge on any atom is -0.396 e. The van der Waals surface area contributed by atoms with Crippen LogP contribution in [-0.4, -0.2) is 46.3 Å². The summed E-state index contributed by atoms with van der Waals surface area (Å²) in [6, 6.07) is 0. The molecule has 4 heteroatoms. The van der Waals surface area contributed by atoms with Crippen LogP contribution < -0.4 is 0 Å². The Labute approximate surface area is 105 Å². The van der Waals surface area contributed by atoms with E-state index in [0.29, 0.717) is 6.42 Å². The topological polar surface area (TPSA) is 69.9 Å². The molecular weight excluding hydrogens is 220 g/mol. The van der Waals surface area contributed by atoms with E-state index in [4.69, 9.17) is 4.74 Å². The molecule has 0 heterocycles. The van der Waals surface area contributed by atoms with Gasteiger partial charge in [0, 0.05) is 18.9 Å². The average Bonchev–Trinajstić information content (AvgIpc) is 2.20. The zero-order chi connectivity index (χ0) is 13.6. The van der Waals surface area contributed by atoms with Gasteiger partial charge in [-0.05, 0) is 19.8 Å². The minimum atomic E-state index is -0.864. The van der Waals surface area contributed by atoms with Crippen molar-refractivity contribution in [3.05, 3.63) is 0 Å². The SMILES string of the molecule is CC(C)C(OC(CO)CC(C)(C)O)C(C)CO. The van der Waals surface area contributed by atoms with Crippen LogP contribution in [-0.2, 0) is 4.74 Å². The van der Waals surface area contributed by atoms with Gasteiger partial charge in [-0.15, -0.1) is 0 Å². The summed E-state index contributed by atoms with van der Waals surface area (Å²) in [6.45, 7) is 9.29. The van der Waals surface area contributed by atoms with Crippen molar-refractivity contribution < 1.29 is 20.1 Å². The van der Waals surface area contributed by atoms with Gasteiger partial charge in [-0.3, -0.25) is 0 Å². The molecule has 104 valence electrons. The molecule has 0 amide bonds. The Morgan fingerprint density at radius 1 is 1.06 bits per heavy atom. The fourth-order valence-electron chi connectivity index (χ4n) is 1.99. The third-order valence-electron chi connectivity index (χ3n) is 2.79. The van der Waals surface area contributed by atoms with Crippen molar-refractivity contribution in [3.63, 3.8) is 0 Å². The highest BCUT2D eigenvalue weighted by Gasteiger charge is 2.27. The highest BCUT2D eigenvalue weighted by atomic mass is 16.5. The molecule has 0 spiro atoms. The molecule has 0 aromatic carbocycles. The molecular formula is C13H28O4. The summed E-state index contributed by atoms with van der Waals surface area (Å²) in [5.41, 5.74) is -0.864. The molecule has 0 saturated heterocycles. The largest absolute Gasteiger partial charge is 0.396 e. The Hall–Kier alpha value is -0.160. The van der Waals surface area contributed by atoms with Gasteiger partial charge in [0.2, 0.25) is 0 Å². The zero-order valence-corrected chi connectivity index (χ0v) is 11.7. The number of hydrogen-bond acceptors (Lipinski definition) is 4. The first-order valence-corrected chi connectivity index (χ1v) is 6.30. The van der Waals surface area contributed by atoms with E-state index >= 15 is 0 Å². The average molecular weight is 248 g/mol. The van der Waals surface area contributed by atoms with Crippen LogP contribution in [0, 0.1) is 11.8 Å². The summed E-state index contributed by atoms with van der Waals surface area (Å²) in [5.74, 6) is 0.277. The molecule has 3 N–H and O–H groups in total. The van der Waals surface area contributed by atoms with E-state index in [9.17, 15) is 15.3 Å². The van der Waals surface area contributed by atoms with Crippen LogP contribution in [0.4, 0.5) is 0 Å². The standard InChI is InChI=1S/C13H28O4/c1-9(2)12(10(3)7-14)17-11(8-15)6-13(4,5)16/h9-12,14-16H,6-8H2,1-5H3. The van der Waals surface area contributed by atoms with Crippen molar-refractivity contribution >= 4 is 0 Å². The highest BCUT2D eigenvalue weighted by molar-refractivity contribution is 4.76. The van der Waals surface area contributed by atoms with E-state index in [1.165, 1.54) is 0 Å². The molecule has 0 aliphatic rings. The Bertz CT molecular complexity index is 198. The Balaban J connectivity index is 4.49. The van der Waals surface area contributed by atoms with Gasteiger partial charge in [0.05, 0.1) is 24.4 Å². The number of ether oxygens (including phenoxy) is 1. The number of hydrogen-bond donors (Lipinski definition) is 3. The maximum atomic E-state index is 9.73. The van der Waals surface area contributed by atoms with E-state index in [-0.39, 0.29) is 31.2 Å². The highest BCUT2D eigenvalue weighted by Crippen LogP contribution is 2.22. The lowest BCUT2D eigenvalue weighted by atomic mass is 9.94. The van der Waals surface area contributed by atoms with Crippen LogP contribution in [0.15, 0.2) is 0 Å². The van der Waals surface area contributed by atoms with Crippen LogP contribution in [0.2, 0.25) is 0 Å². The summed E-state index contributed by atoms with van der Waals surface area (Å²) in [4.78, 5) is 0. The van der Waals surface area contributed by atoms with Crippen LogP contribution in [0.25, 0.3) is 0 Å². The predicted molar refractivity (Wildman–Crippen MR) is 67.7 cm³/mol. The summed E-state index contributed by atoms with van der Waals surface area (Å²) in [5, 5.41) is 28.2. The van der Waals surface area contributed by atoms with Crippen molar-refractivity contribution in [2.75, 3.05) is 13.2 Å². The van der Waals surface area contributed by atoms with Crippen molar-refractivity contribution in [1.29, 1.82) is 0 Å². The fourth-order valence-corrected chi connectivity index (χ4v) is 1.99. The second-order valence-electron chi connectivity index (χ2n) is 5.83. The summed E-state index contributed by atoms with van der Waals surface area (Å²) < 4.78 is 5.82. The van der Waals surface area contributed by atoms with E-state index in [0.717, 1.165) is 0 Å². The second kappa shape index (κ2) is 7.31. The van der Waals surface area contributed by atoms with Crippen LogP contribution in [0.3, 0.4) is 0 Å². The summed E-state index contributed by atoms with van der Waals surface area (Å²) >= 11 is 0. The number of rotatable bonds is 8. The lowest BCUT2D eigenvalue weighted by Gasteiger charge is -2.32. The fraction of sp³-hybridized carbons (Fsp3) is 1.00. The maximum absolute atomic E-state index is 9.73. The van der Waals surface area contributed by atoms with E-state index in [1.54, 1.807) is 13.8 Å². The lowest BCUT2D eigenvalue weighted by Crippen LogP contribution is -2.38. The van der Waals surface area contributed by atoms with Gasteiger partial charge in [0.25, 0.3) is 0 Å². The predicted octanol–water partition coefficient (Wildman–Crippen LogP) is 1.18. The van der Waals surface area contributed by atoms with Crippen LogP contribution in [0.1, 0.15) is 41.0 Å². The molecule has 0 radical (unpaired) electrons. The molecule has 0 saturated carbocycles. The van der Waals surface area contributed by atoms with E-state index < -0.39 is 11.7 Å². The quantitative estimate of drug-likeness (QED) is 0.603. The van der Waals surface area contributed by atoms with E-state index in [1.807, 2.05) is 20.8 Å². The van der Waals surface area contributed by atoms with Gasteiger partial charge in [-0.25, -0.2) is 0 Å². The molecule has 3 unspecified atom stereocenters. The third kappa shape index (κ3) is 6.99. The van der Waals surface area contributed by atoms with Gasteiger partial charge in [0.15, 0.2) is 0 Å². The van der Waals surface area contributed by atoms with Crippen molar-refractivity contribution in [3.8, 4) is 0 Å². The smallest absolute Gasteiger partial charge is 0.0836 e. The van der Waals surface area contributed by atoms with E-state index in [2.05, 4.69) is 0 Å². The monoisotopic (exact) mass is 248 g/mol. The Kier molecular flexibility index (Phi) is 7.24. The van der Waals surface area contributed by atoms with Crippen LogP contribution in [0.5, 0.6) is 0 Å². The first-order valence-electron chi connectivity index (χ1n) is 6.30. The first-order chi connectivity index (χ1) is 7.71. The van der Waals surface area contributed by atoms with Gasteiger partial charge in [-0.2, -0.15) is 0 Å². The molecule has 0 bridgehead atoms. The Morgan fingerprint density at radius 3 is 1.88 bits per heavy atom. The Morgan fingerprint density at radius 2 is 1.59 bits per heavy atom. The second-order valence-corrected chi connectivity index (χ2v) is 5.83. The maximum Gasteiger partial charge on any atom is 0.0836 e. The van der Waals surface area contributed by atoms with Gasteiger partial charge in [0.1, 0.15) is 0 Å². The molecule has 0 fully saturated rings. The molecule has 17 heavy (non-hydrogen) atoms. The first kappa shape index (κ1) is 16.8. The van der Waals surface area contributed by atoms with Crippen molar-refractivity contribution in [1.82, 2.24) is 0 Å². The summed E-state index contributed by atoms with van der Waals surface area (Å²) in [6.07, 6.45) is -0.124. The molecule has 0 aromatic heterocycles. The van der Waals surface area contributed by atoms with Gasteiger partial charge >= 0.3 is 0 Å². The third-order valence-corrected chi connectivity index (χ3v) is 2.79. The summed E-state index contributed by atoms with van der Waals surface area (Å²) in [7, 11) is 0. The minimum absolute atomic E-state index is 0.0193.